The Morgan fingerprint density at radius 2 is 1.18 bits per heavy atom. The van der Waals surface area contributed by atoms with Gasteiger partial charge in [-0.2, -0.15) is 0 Å². The van der Waals surface area contributed by atoms with Crippen molar-refractivity contribution < 1.29 is 48.0 Å². The Morgan fingerprint density at radius 1 is 0.526 bits per heavy atom. The molecule has 38 heavy (non-hydrogen) atoms. The number of rotatable bonds is 3. The molecule has 0 heterocycles. The van der Waals surface area contributed by atoms with Crippen LogP contribution in [0.15, 0.2) is 103 Å². The van der Waals surface area contributed by atoms with Gasteiger partial charge in [-0.05, 0) is 0 Å². The van der Waals surface area contributed by atoms with E-state index in [-0.39, 0.29) is 24.8 Å². The second-order valence-electron chi connectivity index (χ2n) is 10.5. The van der Waals surface area contributed by atoms with Gasteiger partial charge in [0.2, 0.25) is 0 Å². The van der Waals surface area contributed by atoms with E-state index in [1.54, 1.807) is 22.3 Å². The van der Waals surface area contributed by atoms with Crippen molar-refractivity contribution in [3.05, 3.63) is 136 Å². The predicted molar refractivity (Wildman–Crippen MR) is 149 cm³/mol. The molecule has 0 radical (unpaired) electrons. The van der Waals surface area contributed by atoms with Gasteiger partial charge in [-0.3, -0.25) is 0 Å². The molecule has 0 bridgehead atoms. The van der Waals surface area contributed by atoms with E-state index in [2.05, 4.69) is 124 Å². The van der Waals surface area contributed by atoms with E-state index < -0.39 is 23.2 Å². The summed E-state index contributed by atoms with van der Waals surface area (Å²) in [6.07, 6.45) is 2.49. The van der Waals surface area contributed by atoms with Gasteiger partial charge in [0, 0.05) is 0 Å². The smallest absolute Gasteiger partial charge is 1.00 e. The van der Waals surface area contributed by atoms with E-state index in [9.17, 15) is 0 Å². The Bertz CT molecular complexity index is 1660. The molecule has 0 saturated heterocycles. The first kappa shape index (κ1) is 27.1. The molecule has 3 heteroatoms. The first-order chi connectivity index (χ1) is 17.6. The third-order valence-corrected chi connectivity index (χ3v) is 13.0. The molecule has 0 amide bonds. The van der Waals surface area contributed by atoms with Crippen molar-refractivity contribution >= 4 is 16.8 Å². The van der Waals surface area contributed by atoms with E-state index in [1.807, 2.05) is 0 Å². The second kappa shape index (κ2) is 10.6. The Morgan fingerprint density at radius 3 is 1.87 bits per heavy atom. The summed E-state index contributed by atoms with van der Waals surface area (Å²) in [6, 6.07) is 36.8. The van der Waals surface area contributed by atoms with E-state index in [4.69, 9.17) is 0 Å². The van der Waals surface area contributed by atoms with Gasteiger partial charge >= 0.3 is 226 Å². The maximum atomic E-state index is 2.49. The van der Waals surface area contributed by atoms with Crippen molar-refractivity contribution in [1.29, 1.82) is 0 Å². The summed E-state index contributed by atoms with van der Waals surface area (Å²) in [5, 5.41) is 2.61. The van der Waals surface area contributed by atoms with Crippen molar-refractivity contribution in [2.75, 3.05) is 0 Å². The van der Waals surface area contributed by atoms with Crippen molar-refractivity contribution in [3.63, 3.8) is 0 Å². The van der Waals surface area contributed by atoms with Gasteiger partial charge in [0.05, 0.1) is 0 Å². The molecular weight excluding hydrogens is 583 g/mol. The average Bonchev–Trinajstić information content (AvgIpc) is 3.37. The zero-order chi connectivity index (χ0) is 24.4. The Balaban J connectivity index is 0.00000147. The van der Waals surface area contributed by atoms with Gasteiger partial charge in [-0.15, -0.1) is 0 Å². The molecule has 2 aliphatic carbocycles. The van der Waals surface area contributed by atoms with Gasteiger partial charge in [-0.1, -0.05) is 0 Å². The summed E-state index contributed by atoms with van der Waals surface area (Å²) in [5.74, 6) is 0. The molecule has 7 rings (SSSR count). The van der Waals surface area contributed by atoms with Crippen LogP contribution < -0.4 is 24.8 Å². The van der Waals surface area contributed by atoms with Crippen LogP contribution in [-0.2, 0) is 23.2 Å². The largest absolute Gasteiger partial charge is 1.00 e. The number of hydrogen-bond acceptors (Lipinski definition) is 0. The van der Waals surface area contributed by atoms with E-state index in [0.717, 1.165) is 0 Å². The summed E-state index contributed by atoms with van der Waals surface area (Å²) in [6.45, 7) is 6.85. The summed E-state index contributed by atoms with van der Waals surface area (Å²) in [4.78, 5) is 0. The first-order valence-electron chi connectivity index (χ1n) is 12.8. The van der Waals surface area contributed by atoms with E-state index >= 15 is 0 Å². The number of hydrogen-bond donors (Lipinski definition) is 0. The number of benzene rings is 5. The number of halogens is 2. The summed E-state index contributed by atoms with van der Waals surface area (Å²) in [7, 11) is 0. The minimum absolute atomic E-state index is 0. The summed E-state index contributed by atoms with van der Waals surface area (Å²) < 4.78 is 1.20. The quantitative estimate of drug-likeness (QED) is 0.294. The number of allylic oxidation sites excluding steroid dienone is 1. The SMILES string of the molecule is CC1=Cc2c(-c3ccc4ccccc4c3)cccc2[CH]1[Zr+2][CH]1c2cc(C)ccc2-c2ccc(C)cc21.[Cl-].[Cl-]. The molecular formula is C35H28Cl2Zr. The van der Waals surface area contributed by atoms with Crippen molar-refractivity contribution in [3.8, 4) is 22.3 Å². The van der Waals surface area contributed by atoms with Crippen LogP contribution in [0.5, 0.6) is 0 Å². The van der Waals surface area contributed by atoms with Crippen LogP contribution in [0.2, 0.25) is 0 Å². The molecule has 1 unspecified atom stereocenters. The van der Waals surface area contributed by atoms with Crippen LogP contribution >= 0.6 is 0 Å². The second-order valence-corrected chi connectivity index (χ2v) is 14.1. The molecule has 0 saturated carbocycles. The average molecular weight is 611 g/mol. The Kier molecular flexibility index (Phi) is 7.58. The third-order valence-electron chi connectivity index (χ3n) is 8.00. The van der Waals surface area contributed by atoms with E-state index in [0.29, 0.717) is 7.25 Å². The molecule has 0 aliphatic heterocycles. The van der Waals surface area contributed by atoms with Crippen LogP contribution in [0.4, 0.5) is 0 Å². The molecule has 0 nitrogen and oxygen atoms in total. The third kappa shape index (κ3) is 4.44. The molecule has 186 valence electrons. The zero-order valence-corrected chi connectivity index (χ0v) is 25.7. The summed E-state index contributed by atoms with van der Waals surface area (Å²) >= 11 is -0.909. The minimum atomic E-state index is -0.909. The van der Waals surface area contributed by atoms with Crippen LogP contribution in [0, 0.1) is 13.8 Å². The number of fused-ring (bicyclic) bond motifs is 5. The maximum Gasteiger partial charge on any atom is -1.00 e. The molecule has 1 atom stereocenters. The topological polar surface area (TPSA) is 0 Å². The summed E-state index contributed by atoms with van der Waals surface area (Å²) in [5.41, 5.74) is 16.1. The fraction of sp³-hybridized carbons (Fsp3) is 0.143. The fourth-order valence-electron chi connectivity index (χ4n) is 6.23. The van der Waals surface area contributed by atoms with Crippen LogP contribution in [0.25, 0.3) is 39.1 Å². The normalized spacial score (nSPS) is 15.0. The van der Waals surface area contributed by atoms with Crippen molar-refractivity contribution in [2.45, 2.75) is 28.0 Å². The van der Waals surface area contributed by atoms with Crippen molar-refractivity contribution in [2.24, 2.45) is 0 Å². The van der Waals surface area contributed by atoms with Crippen molar-refractivity contribution in [1.82, 2.24) is 0 Å². The van der Waals surface area contributed by atoms with E-state index in [1.165, 1.54) is 49.7 Å². The number of aryl methyl sites for hydroxylation is 2. The van der Waals surface area contributed by atoms with Crippen LogP contribution in [-0.4, -0.2) is 0 Å². The monoisotopic (exact) mass is 608 g/mol. The molecule has 5 aromatic carbocycles. The van der Waals surface area contributed by atoms with Gasteiger partial charge in [-0.25, -0.2) is 0 Å². The van der Waals surface area contributed by atoms with Gasteiger partial charge < -0.3 is 24.8 Å². The van der Waals surface area contributed by atoms with Gasteiger partial charge in [0.25, 0.3) is 0 Å². The van der Waals surface area contributed by atoms with Crippen LogP contribution in [0.1, 0.15) is 47.6 Å². The van der Waals surface area contributed by atoms with Crippen LogP contribution in [0.3, 0.4) is 0 Å². The van der Waals surface area contributed by atoms with Gasteiger partial charge in [0.15, 0.2) is 0 Å². The Hall–Kier alpha value is -2.44. The zero-order valence-electron chi connectivity index (χ0n) is 21.7. The minimum Gasteiger partial charge on any atom is -1.00 e. The molecule has 2 aliphatic rings. The van der Waals surface area contributed by atoms with Gasteiger partial charge in [0.1, 0.15) is 0 Å². The maximum absolute atomic E-state index is 2.49. The fourth-order valence-corrected chi connectivity index (χ4v) is 11.0. The molecule has 0 spiro atoms. The molecule has 0 N–H and O–H groups in total. The standard InChI is InChI=1S/C20H15.C15H13.2ClH.Zr/c1-14-11-17-7-4-8-19(20(17)12-14)18-10-9-15-5-2-3-6-16(15)13-18;1-10-3-5-14-12(7-10)9-13-8-11(2)4-6-15(13)14;;;/h2-13H,1H3;3-9H,1-2H3;2*1H;/q;;;;+2/p-2. The predicted octanol–water partition coefficient (Wildman–Crippen LogP) is 3.44. The first-order valence-corrected chi connectivity index (χ1v) is 15.7. The molecule has 0 fully saturated rings. The molecule has 0 aromatic heterocycles. The Labute approximate surface area is 249 Å². The molecule has 5 aromatic rings.